The van der Waals surface area contributed by atoms with E-state index in [1.54, 1.807) is 59.5 Å². The van der Waals surface area contributed by atoms with Crippen molar-refractivity contribution in [2.24, 2.45) is 10.2 Å². The number of carbonyl (C=O) groups excluding carboxylic acids is 4. The topological polar surface area (TPSA) is 242 Å². The Hall–Kier alpha value is -9.75. The minimum absolute atomic E-state index is 0.0494. The summed E-state index contributed by atoms with van der Waals surface area (Å²) >= 11 is 0. The average Bonchev–Trinajstić information content (AvgIpc) is 0.710. The molecule has 500 valence electrons. The van der Waals surface area contributed by atoms with Gasteiger partial charge in [-0.1, -0.05) is 60.4 Å². The monoisotopic (exact) mass is 1310 g/mol. The summed E-state index contributed by atoms with van der Waals surface area (Å²) in [6.07, 6.45) is 10.8. The van der Waals surface area contributed by atoms with Crippen molar-refractivity contribution in [1.29, 1.82) is 0 Å². The maximum absolute atomic E-state index is 14.2. The van der Waals surface area contributed by atoms with Gasteiger partial charge in [0.15, 0.2) is 0 Å². The maximum Gasteiger partial charge on any atom is 0.337 e. The zero-order valence-corrected chi connectivity index (χ0v) is 54.4. The first-order chi connectivity index (χ1) is 47.5. The molecule has 6 heterocycles. The van der Waals surface area contributed by atoms with Crippen LogP contribution in [-0.2, 0) is 54.3 Å². The van der Waals surface area contributed by atoms with Crippen LogP contribution in [0.4, 0.5) is 22.7 Å². The molecule has 4 amide bonds. The standard InChI is InChI=1S/C77H80N8O12/c86-66-46-50(28-31-79-76(90)59-16-5-15-58(70(59)77(91)92)69-62-47-54-13-6-34-83-36-8-17-60(71(54)83)73(62)97-74-61-18-9-37-84-35-7-14-55(72(61)84)48-63(69)74)20-27-64(66)82-81-57-25-23-53(24-26-57)75(89)80-33-39-94-41-43-96-45-44-95-42-40-93-38-30-67(87)78-32-29-68(88)85-49-56-12-2-1-10-51(56)21-22-52-11-3-4-19-65(52)85/h1-5,10-12,15-16,19-20,23-27,46-48,71,86H,6-9,13-14,17-18,28-45,49H2,(H,78,87)(H,79,90)(H,80,89)(H,91,92)/b82-81+. The number of nitrogens with one attached hydrogen (secondary N) is 3. The van der Waals surface area contributed by atoms with Crippen LogP contribution in [-0.4, -0.2) is 149 Å². The van der Waals surface area contributed by atoms with Crippen LogP contribution in [0.3, 0.4) is 0 Å². The predicted molar refractivity (Wildman–Crippen MR) is 367 cm³/mol. The zero-order chi connectivity index (χ0) is 66.6. The Morgan fingerprint density at radius 2 is 1.34 bits per heavy atom. The first kappa shape index (κ1) is 65.9. The number of azo groups is 1. The summed E-state index contributed by atoms with van der Waals surface area (Å²) in [6.45, 7) is 7.74. The normalized spacial score (nSPS) is 16.6. The molecule has 20 nitrogen and oxygen atoms in total. The molecule has 97 heavy (non-hydrogen) atoms. The second-order valence-electron chi connectivity index (χ2n) is 25.1. The SMILES string of the molecule is O=C(CCOCCOCCOCCOCCNC(=O)c1ccc(/N=N/c2ccc(CCNC(=O)c3cccc(C4=C5C=C6CCCN7CCCC(=C5Oc5c4cc4c8c5CCCN8CCC4)C67)c3C(=O)O)cc2O)cc1)NCCC(=O)N1Cc2ccccc2C#Cc2ccccc21. The number of aryl methyl sites for hydroxylation is 1. The van der Waals surface area contributed by atoms with E-state index >= 15 is 0 Å². The number of allylic oxidation sites excluding steroid dienone is 1. The van der Waals surface area contributed by atoms with Gasteiger partial charge in [-0.3, -0.25) is 24.1 Å². The number of phenols is 1. The number of hydrogen-bond acceptors (Lipinski definition) is 15. The van der Waals surface area contributed by atoms with Crippen molar-refractivity contribution in [3.8, 4) is 23.3 Å². The van der Waals surface area contributed by atoms with Gasteiger partial charge in [0.2, 0.25) is 11.8 Å². The molecule has 6 aromatic carbocycles. The summed E-state index contributed by atoms with van der Waals surface area (Å²) in [4.78, 5) is 73.4. The number of fused-ring (bicyclic) bond motifs is 5. The van der Waals surface area contributed by atoms with Crippen LogP contribution in [0.2, 0.25) is 0 Å². The molecule has 0 spiro atoms. The molecule has 5 N–H and O–H groups in total. The van der Waals surface area contributed by atoms with E-state index < -0.39 is 11.9 Å². The van der Waals surface area contributed by atoms with Gasteiger partial charge in [-0.15, -0.1) is 5.11 Å². The summed E-state index contributed by atoms with van der Waals surface area (Å²) in [5.41, 5.74) is 14.8. The minimum atomic E-state index is -1.18. The molecular formula is C77H80N8O12. The number of phenolic OH excluding ortho intramolecular Hbond substituents is 1. The van der Waals surface area contributed by atoms with Gasteiger partial charge in [-0.05, 0) is 177 Å². The first-order valence-electron chi connectivity index (χ1n) is 33.9. The third-order valence-corrected chi connectivity index (χ3v) is 18.8. The third kappa shape index (κ3) is 15.1. The van der Waals surface area contributed by atoms with Gasteiger partial charge in [0.1, 0.15) is 22.9 Å². The lowest BCUT2D eigenvalue weighted by Crippen LogP contribution is -2.47. The van der Waals surface area contributed by atoms with Crippen LogP contribution in [0, 0.1) is 11.8 Å². The van der Waals surface area contributed by atoms with Crippen molar-refractivity contribution >= 4 is 57.9 Å². The molecule has 1 atom stereocenters. The van der Waals surface area contributed by atoms with Crippen molar-refractivity contribution in [3.05, 3.63) is 205 Å². The van der Waals surface area contributed by atoms with Crippen LogP contribution >= 0.6 is 0 Å². The summed E-state index contributed by atoms with van der Waals surface area (Å²) < 4.78 is 29.5. The molecule has 13 rings (SSSR count). The number of carbonyl (C=O) groups is 5. The Kier molecular flexibility index (Phi) is 21.0. The number of piperidine rings is 2. The summed E-state index contributed by atoms with van der Waals surface area (Å²) in [6, 6.07) is 34.6. The lowest BCUT2D eigenvalue weighted by molar-refractivity contribution is -0.122. The fourth-order valence-electron chi connectivity index (χ4n) is 14.3. The summed E-state index contributed by atoms with van der Waals surface area (Å²) in [7, 11) is 0. The number of ether oxygens (including phenoxy) is 5. The van der Waals surface area contributed by atoms with Crippen molar-refractivity contribution in [2.45, 2.75) is 83.2 Å². The predicted octanol–water partition coefficient (Wildman–Crippen LogP) is 10.5. The van der Waals surface area contributed by atoms with E-state index in [0.29, 0.717) is 69.4 Å². The number of aromatic carboxylic acids is 1. The number of aromatic hydroxyl groups is 1. The van der Waals surface area contributed by atoms with Gasteiger partial charge in [-0.2, -0.15) is 5.11 Å². The molecule has 0 aromatic heterocycles. The van der Waals surface area contributed by atoms with E-state index in [9.17, 15) is 34.2 Å². The van der Waals surface area contributed by atoms with Gasteiger partial charge in [-0.25, -0.2) is 4.79 Å². The molecule has 1 unspecified atom stereocenters. The van der Waals surface area contributed by atoms with Crippen molar-refractivity contribution < 1.29 is 57.9 Å². The fourth-order valence-corrected chi connectivity index (χ4v) is 14.3. The number of benzene rings is 6. The zero-order valence-electron chi connectivity index (χ0n) is 54.4. The van der Waals surface area contributed by atoms with Gasteiger partial charge >= 0.3 is 5.97 Å². The van der Waals surface area contributed by atoms with E-state index in [2.05, 4.69) is 60.0 Å². The molecule has 0 bridgehead atoms. The Bertz CT molecular complexity index is 4200. The summed E-state index contributed by atoms with van der Waals surface area (Å²) in [5, 5.41) is 39.3. The highest BCUT2D eigenvalue weighted by Gasteiger charge is 2.43. The third-order valence-electron chi connectivity index (χ3n) is 18.8. The fraction of sp³-hybridized carbons (Fsp3) is 0.364. The molecule has 7 aliphatic rings. The summed E-state index contributed by atoms with van der Waals surface area (Å²) in [5.74, 6) is 5.71. The highest BCUT2D eigenvalue weighted by atomic mass is 16.6. The van der Waals surface area contributed by atoms with Crippen molar-refractivity contribution in [2.75, 3.05) is 108 Å². The van der Waals surface area contributed by atoms with Crippen LogP contribution < -0.4 is 30.5 Å². The molecule has 2 fully saturated rings. The Morgan fingerprint density at radius 1 is 0.629 bits per heavy atom. The van der Waals surface area contributed by atoms with E-state index in [1.807, 2.05) is 54.6 Å². The van der Waals surface area contributed by atoms with Gasteiger partial charge in [0.05, 0.1) is 87.9 Å². The first-order valence-corrected chi connectivity index (χ1v) is 33.9. The van der Waals surface area contributed by atoms with E-state index in [-0.39, 0.29) is 92.0 Å². The number of carboxylic acids is 1. The number of amides is 4. The molecule has 6 aromatic rings. The second-order valence-corrected chi connectivity index (χ2v) is 25.1. The molecule has 0 saturated carbocycles. The van der Waals surface area contributed by atoms with Crippen LogP contribution in [0.1, 0.15) is 127 Å². The number of para-hydroxylation sites is 1. The largest absolute Gasteiger partial charge is 0.506 e. The Balaban J connectivity index is 0.509. The lowest BCUT2D eigenvalue weighted by atomic mass is 9.74. The average molecular weight is 1310 g/mol. The van der Waals surface area contributed by atoms with Crippen LogP contribution in [0.15, 0.2) is 154 Å². The van der Waals surface area contributed by atoms with Crippen molar-refractivity contribution in [1.82, 2.24) is 20.9 Å². The van der Waals surface area contributed by atoms with Crippen molar-refractivity contribution in [3.63, 3.8) is 0 Å². The number of rotatable bonds is 27. The van der Waals surface area contributed by atoms with Crippen LogP contribution in [0.25, 0.3) is 5.57 Å². The molecule has 1 aliphatic carbocycles. The van der Waals surface area contributed by atoms with E-state index in [1.165, 1.54) is 28.0 Å². The maximum atomic E-state index is 14.2. The highest BCUT2D eigenvalue weighted by molar-refractivity contribution is 6.10. The van der Waals surface area contributed by atoms with Gasteiger partial charge < -0.3 is 59.6 Å². The quantitative estimate of drug-likeness (QED) is 0.0183. The molecule has 2 saturated heterocycles. The van der Waals surface area contributed by atoms with Crippen LogP contribution in [0.5, 0.6) is 11.5 Å². The van der Waals surface area contributed by atoms with E-state index in [0.717, 1.165) is 134 Å². The molecular weight excluding hydrogens is 1230 g/mol. The smallest absolute Gasteiger partial charge is 0.337 e. The highest BCUT2D eigenvalue weighted by Crippen LogP contribution is 2.54. The molecule has 20 heteroatoms. The number of anilines is 2. The Morgan fingerprint density at radius 3 is 2.13 bits per heavy atom. The Labute approximate surface area is 564 Å². The second kappa shape index (κ2) is 31.0. The molecule has 0 radical (unpaired) electrons. The lowest BCUT2D eigenvalue weighted by Gasteiger charge is -2.47. The number of hydrogen-bond donors (Lipinski definition) is 5. The number of nitrogens with zero attached hydrogens (tertiary/aromatic N) is 5. The minimum Gasteiger partial charge on any atom is -0.506 e. The molecule has 6 aliphatic heterocycles. The van der Waals surface area contributed by atoms with E-state index in [4.69, 9.17) is 23.7 Å². The number of carboxylic acid groups (broad SMARTS) is 1. The van der Waals surface area contributed by atoms with Gasteiger partial charge in [0, 0.05) is 90.2 Å². The van der Waals surface area contributed by atoms with Gasteiger partial charge in [0.25, 0.3) is 11.8 Å².